The molecule has 2 aliphatic carbocycles. The van der Waals surface area contributed by atoms with Crippen LogP contribution in [0.25, 0.3) is 0 Å². The summed E-state index contributed by atoms with van der Waals surface area (Å²) in [4.78, 5) is 23.3. The van der Waals surface area contributed by atoms with Gasteiger partial charge in [-0.15, -0.1) is 0 Å². The lowest BCUT2D eigenvalue weighted by Gasteiger charge is -2.13. The Morgan fingerprint density at radius 2 is 1.38 bits per heavy atom. The molecular weight excluding hydrogens is 576 g/mol. The Morgan fingerprint density at radius 1 is 0.912 bits per heavy atom. The predicted octanol–water partition coefficient (Wildman–Crippen LogP) is 4.66. The van der Waals surface area contributed by atoms with Crippen LogP contribution >= 0.6 is 31.9 Å². The van der Waals surface area contributed by atoms with E-state index < -0.39 is 21.8 Å². The first-order valence-electron chi connectivity index (χ1n) is 12.2. The van der Waals surface area contributed by atoms with Gasteiger partial charge in [-0.05, 0) is 61.1 Å². The number of fused-ring (bicyclic) bond motifs is 1. The summed E-state index contributed by atoms with van der Waals surface area (Å²) in [6.45, 7) is -2.14. The summed E-state index contributed by atoms with van der Waals surface area (Å²) in [5.41, 5.74) is 0.307. The summed E-state index contributed by atoms with van der Waals surface area (Å²) < 4.78 is 45.8. The molecule has 2 N–H and O–H groups in total. The van der Waals surface area contributed by atoms with E-state index in [1.165, 1.54) is 26.4 Å². The summed E-state index contributed by atoms with van der Waals surface area (Å²) in [5.74, 6) is -0.254. The summed E-state index contributed by atoms with van der Waals surface area (Å²) in [5, 5.41) is 18.5. The molecule has 0 bridgehead atoms. The first kappa shape index (κ1) is 20.9. The number of benzene rings is 2. The molecule has 0 aromatic heterocycles. The number of aromatic hydroxyl groups is 2. The number of phenols is 2. The minimum absolute atomic E-state index is 0.181. The molecule has 0 spiro atoms. The number of halogens is 2. The Morgan fingerprint density at radius 3 is 1.85 bits per heavy atom. The van der Waals surface area contributed by atoms with E-state index in [-0.39, 0.29) is 23.4 Å². The van der Waals surface area contributed by atoms with Gasteiger partial charge < -0.3 is 29.2 Å². The van der Waals surface area contributed by atoms with E-state index in [0.717, 1.165) is 31.2 Å². The van der Waals surface area contributed by atoms with Crippen molar-refractivity contribution in [3.63, 3.8) is 0 Å². The van der Waals surface area contributed by atoms with Crippen LogP contribution in [0, 0.1) is 0 Å². The molecule has 0 atom stereocenters. The second kappa shape index (κ2) is 10.9. The van der Waals surface area contributed by atoms with Crippen LogP contribution < -0.4 is 9.47 Å². The first-order chi connectivity index (χ1) is 17.6. The van der Waals surface area contributed by atoms with Crippen LogP contribution in [0.1, 0.15) is 42.3 Å². The van der Waals surface area contributed by atoms with Gasteiger partial charge in [0.25, 0.3) is 0 Å². The first-order valence-corrected chi connectivity index (χ1v) is 11.8. The summed E-state index contributed by atoms with van der Waals surface area (Å²) in [6.07, 6.45) is 2.94. The van der Waals surface area contributed by atoms with Crippen LogP contribution in [0.5, 0.6) is 23.0 Å². The Kier molecular flexibility index (Phi) is 6.67. The van der Waals surface area contributed by atoms with Crippen molar-refractivity contribution in [1.29, 1.82) is 0 Å². The molecule has 2 aromatic carbocycles. The number of hydrogen-bond acceptors (Lipinski definition) is 8. The molecule has 0 radical (unpaired) electrons. The third-order valence-electron chi connectivity index (χ3n) is 5.98. The van der Waals surface area contributed by atoms with Crippen molar-refractivity contribution in [2.75, 3.05) is 25.2 Å². The highest BCUT2D eigenvalue weighted by Crippen LogP contribution is 2.51. The van der Waals surface area contributed by atoms with Crippen molar-refractivity contribution in [3.8, 4) is 23.0 Å². The van der Waals surface area contributed by atoms with E-state index in [1.807, 2.05) is 0 Å². The zero-order chi connectivity index (χ0) is 28.5. The molecule has 184 valence electrons. The Bertz CT molecular complexity index is 1200. The van der Waals surface area contributed by atoms with Crippen molar-refractivity contribution in [3.05, 3.63) is 47.5 Å². The number of carbonyl (C=O) groups is 2. The van der Waals surface area contributed by atoms with E-state index in [0.29, 0.717) is 17.1 Å². The molecule has 2 fully saturated rings. The summed E-state index contributed by atoms with van der Waals surface area (Å²) >= 11 is 5.25. The second-order valence-electron chi connectivity index (χ2n) is 7.87. The van der Waals surface area contributed by atoms with Gasteiger partial charge in [-0.1, -0.05) is 44.0 Å². The average molecular weight is 606 g/mol. The molecule has 0 unspecified atom stereocenters. The molecule has 2 aromatic rings. The van der Waals surface area contributed by atoms with Crippen LogP contribution in [0.3, 0.4) is 0 Å². The monoisotopic (exact) mass is 604 g/mol. The average Bonchev–Trinajstić information content (AvgIpc) is 3.74. The van der Waals surface area contributed by atoms with Gasteiger partial charge in [0.05, 0.1) is 32.0 Å². The van der Waals surface area contributed by atoms with E-state index in [9.17, 15) is 14.7 Å². The fourth-order valence-electron chi connectivity index (χ4n) is 3.76. The van der Waals surface area contributed by atoms with E-state index >= 15 is 0 Å². The number of ether oxygens (including phenoxy) is 4. The number of carbonyl (C=O) groups excluding carboxylic acids is 2. The van der Waals surface area contributed by atoms with Crippen LogP contribution in [-0.2, 0) is 29.9 Å². The normalized spacial score (nSPS) is 20.8. The molecule has 8 nitrogen and oxygen atoms in total. The van der Waals surface area contributed by atoms with Gasteiger partial charge in [0.15, 0.2) is 23.0 Å². The minimum Gasteiger partial charge on any atom is -0.504 e. The molecule has 1 heterocycles. The van der Waals surface area contributed by atoms with Crippen molar-refractivity contribution >= 4 is 43.8 Å². The van der Waals surface area contributed by atoms with Gasteiger partial charge in [0.1, 0.15) is 2.74 Å². The summed E-state index contributed by atoms with van der Waals surface area (Å²) in [6, 6.07) is 9.47. The third-order valence-corrected chi connectivity index (χ3v) is 5.98. The van der Waals surface area contributed by atoms with Crippen LogP contribution in [0.4, 0.5) is 0 Å². The molecule has 2 saturated carbocycles. The lowest BCUT2D eigenvalue weighted by Crippen LogP contribution is -2.21. The van der Waals surface area contributed by atoms with E-state index in [4.69, 9.17) is 29.5 Å². The number of esters is 2. The highest BCUT2D eigenvalue weighted by atomic mass is 79.9. The van der Waals surface area contributed by atoms with Gasteiger partial charge in [-0.25, -0.2) is 0 Å². The number of phenolic OH excluding ortho intramolecular Hbond substituents is 2. The zero-order valence-corrected chi connectivity index (χ0v) is 21.6. The number of alkyl halides is 2. The van der Waals surface area contributed by atoms with Gasteiger partial charge in [0.2, 0.25) is 6.75 Å². The molecular formula is C24H26Br2O8. The van der Waals surface area contributed by atoms with E-state index in [2.05, 4.69) is 31.9 Å². The molecule has 1 aliphatic heterocycles. The number of hydrogen-bond donors (Lipinski definition) is 2. The Hall–Kier alpha value is -2.46. The van der Waals surface area contributed by atoms with Crippen molar-refractivity contribution in [1.82, 2.24) is 0 Å². The second-order valence-corrected chi connectivity index (χ2v) is 9.73. The maximum Gasteiger partial charge on any atom is 0.316 e. The van der Waals surface area contributed by atoms with Crippen LogP contribution in [0.15, 0.2) is 36.4 Å². The largest absolute Gasteiger partial charge is 0.504 e. The minimum atomic E-state index is -2.14. The predicted molar refractivity (Wildman–Crippen MR) is 131 cm³/mol. The smallest absolute Gasteiger partial charge is 0.316 e. The quantitative estimate of drug-likeness (QED) is 0.294. The van der Waals surface area contributed by atoms with Crippen molar-refractivity contribution in [2.45, 2.75) is 36.5 Å². The van der Waals surface area contributed by atoms with Crippen molar-refractivity contribution < 1.29 is 44.2 Å². The third kappa shape index (κ3) is 5.27. The fraction of sp³-hybridized carbons (Fsp3) is 0.417. The fourth-order valence-corrected chi connectivity index (χ4v) is 3.76. The maximum absolute atomic E-state index is 11.8. The molecule has 3 aliphatic rings. The lowest BCUT2D eigenvalue weighted by atomic mass is 9.96. The topological polar surface area (TPSA) is 112 Å². The standard InChI is InChI=1S/C12H12O4.C11H12O4.CH2Br2/c1-14-11(13)12(4-5-12)8-2-3-9-10(6-8)16-7-15-9;1-15-10(14)11(4-5-11)7-2-3-8(12)9(13)6-7;2-1-3/h2-3,6H,4-5,7H2,1H3;2-3,6,12-13H,4-5H2,1H3;1H2/i7D2;;1D2. The Balaban J connectivity index is 0.000000182. The molecule has 5 rings (SSSR count). The molecule has 0 saturated heterocycles. The van der Waals surface area contributed by atoms with Crippen molar-refractivity contribution in [2.24, 2.45) is 0 Å². The SMILES string of the molecule is COC(=O)C1(c2ccc(O)c(O)c2)CC1.[2H]C([2H])(Br)Br.[2H]C1([2H])Oc2ccc(C3(C(=O)OC)CC3)cc2O1. The van der Waals surface area contributed by atoms with Gasteiger partial charge in [-0.2, -0.15) is 0 Å². The Labute approximate surface area is 220 Å². The van der Waals surface area contributed by atoms with E-state index in [1.54, 1.807) is 24.3 Å². The maximum atomic E-state index is 11.8. The van der Waals surface area contributed by atoms with Gasteiger partial charge in [-0.3, -0.25) is 9.59 Å². The van der Waals surface area contributed by atoms with Crippen LogP contribution in [-0.4, -0.2) is 47.3 Å². The number of rotatable bonds is 4. The highest BCUT2D eigenvalue weighted by Gasteiger charge is 2.53. The number of methoxy groups -OCH3 is 2. The molecule has 0 amide bonds. The molecule has 34 heavy (non-hydrogen) atoms. The summed E-state index contributed by atoms with van der Waals surface area (Å²) in [7, 11) is 2.72. The van der Waals surface area contributed by atoms with Gasteiger partial charge in [0, 0.05) is 0 Å². The zero-order valence-electron chi connectivity index (χ0n) is 22.4. The van der Waals surface area contributed by atoms with Crippen LogP contribution in [0.2, 0.25) is 0 Å². The molecule has 10 heteroatoms. The highest BCUT2D eigenvalue weighted by molar-refractivity contribution is 9.24. The lowest BCUT2D eigenvalue weighted by molar-refractivity contribution is -0.144. The van der Waals surface area contributed by atoms with Gasteiger partial charge >= 0.3 is 11.9 Å².